The molecule has 0 heterocycles. The van der Waals surface area contributed by atoms with E-state index in [0.717, 1.165) is 11.1 Å². The maximum absolute atomic E-state index is 12.3. The Kier molecular flexibility index (Phi) is 34.6. The molecule has 4 aromatic carbocycles. The number of nitrogens with two attached hydrogens (primary N) is 1. The molecule has 0 spiro atoms. The van der Waals surface area contributed by atoms with Gasteiger partial charge in [-0.1, -0.05) is 95.8 Å². The summed E-state index contributed by atoms with van der Waals surface area (Å²) in [6, 6.07) is 27.7. The van der Waals surface area contributed by atoms with Crippen LogP contribution in [0.2, 0.25) is 10.0 Å². The number of thiocarbonyl (C=S) groups is 1. The predicted molar refractivity (Wildman–Crippen MR) is 290 cm³/mol. The van der Waals surface area contributed by atoms with Crippen molar-refractivity contribution in [1.29, 1.82) is 0 Å². The van der Waals surface area contributed by atoms with E-state index in [1.165, 1.54) is 12.9 Å². The molecular formula is C52H73Cl3N4O12S. The van der Waals surface area contributed by atoms with E-state index in [4.69, 9.17) is 60.1 Å². The van der Waals surface area contributed by atoms with E-state index in [0.29, 0.717) is 72.0 Å². The summed E-state index contributed by atoms with van der Waals surface area (Å²) >= 11 is 16.2. The number of hydrogen-bond acceptors (Lipinski definition) is 14. The summed E-state index contributed by atoms with van der Waals surface area (Å²) in [5, 5.41) is 9.56. The topological polar surface area (TPSA) is 220 Å². The first-order valence-electron chi connectivity index (χ1n) is 23.0. The Bertz CT molecular complexity index is 2250. The Morgan fingerprint density at radius 2 is 0.972 bits per heavy atom. The Labute approximate surface area is 449 Å². The zero-order valence-electron chi connectivity index (χ0n) is 42.1. The third kappa shape index (κ3) is 27.6. The van der Waals surface area contributed by atoms with E-state index < -0.39 is 48.7 Å². The summed E-state index contributed by atoms with van der Waals surface area (Å²) in [6.07, 6.45) is 1.39. The molecule has 4 aromatic rings. The summed E-state index contributed by atoms with van der Waals surface area (Å²) in [6.45, 7) is 8.94. The third-order valence-corrected chi connectivity index (χ3v) is 9.58. The number of carbonyl (C=O) groups is 6. The van der Waals surface area contributed by atoms with Crippen molar-refractivity contribution >= 4 is 89.0 Å². The van der Waals surface area contributed by atoms with Crippen molar-refractivity contribution in [2.75, 3.05) is 39.8 Å². The molecule has 72 heavy (non-hydrogen) atoms. The van der Waals surface area contributed by atoms with Gasteiger partial charge in [0.25, 0.3) is 11.8 Å². The lowest BCUT2D eigenvalue weighted by Crippen LogP contribution is -2.40. The highest BCUT2D eigenvalue weighted by Crippen LogP contribution is 2.22. The average Bonchev–Trinajstić information content (AvgIpc) is 3.34. The van der Waals surface area contributed by atoms with Gasteiger partial charge in [-0.25, -0.2) is 9.59 Å². The summed E-state index contributed by atoms with van der Waals surface area (Å²) in [5.41, 5.74) is 7.03. The normalized spacial score (nSPS) is 10.2. The quantitative estimate of drug-likeness (QED) is 0.0222. The fourth-order valence-corrected chi connectivity index (χ4v) is 5.68. The predicted octanol–water partition coefficient (Wildman–Crippen LogP) is 9.67. The van der Waals surface area contributed by atoms with Crippen LogP contribution in [0.1, 0.15) is 111 Å². The van der Waals surface area contributed by atoms with Gasteiger partial charge in [0, 0.05) is 50.1 Å². The number of hydrogen-bond donors (Lipinski definition) is 4. The maximum Gasteiger partial charge on any atom is 0.352 e. The number of carbonyl (C=O) groups excluding carboxylic acids is 6. The minimum Gasteiger partial charge on any atom is -0.476 e. The van der Waals surface area contributed by atoms with E-state index in [1.54, 1.807) is 107 Å². The molecule has 0 aliphatic carbocycles. The molecule has 16 nitrogen and oxygen atoms in total. The van der Waals surface area contributed by atoms with Gasteiger partial charge < -0.3 is 50.1 Å². The van der Waals surface area contributed by atoms with Crippen LogP contribution in [0.25, 0.3) is 0 Å². The van der Waals surface area contributed by atoms with Crippen LogP contribution >= 0.6 is 47.8 Å². The molecule has 20 heteroatoms. The van der Waals surface area contributed by atoms with Gasteiger partial charge in [-0.2, -0.15) is 0 Å². The van der Waals surface area contributed by atoms with Crippen molar-refractivity contribution in [1.82, 2.24) is 16.0 Å². The summed E-state index contributed by atoms with van der Waals surface area (Å²) in [4.78, 5) is 71.5. The Morgan fingerprint density at radius 3 is 1.31 bits per heavy atom. The Hall–Kier alpha value is -5.98. The van der Waals surface area contributed by atoms with Crippen LogP contribution in [-0.4, -0.2) is 92.2 Å². The van der Waals surface area contributed by atoms with Crippen LogP contribution in [0.15, 0.2) is 97.1 Å². The van der Waals surface area contributed by atoms with E-state index >= 15 is 0 Å². The fraction of sp³-hybridized carbons (Fsp3) is 0.404. The minimum atomic E-state index is -1.29. The van der Waals surface area contributed by atoms with Crippen LogP contribution in [-0.2, 0) is 51.0 Å². The average molecular weight is 1090 g/mol. The lowest BCUT2D eigenvalue weighted by molar-refractivity contribution is -0.178. The van der Waals surface area contributed by atoms with Crippen LogP contribution in [0.4, 0.5) is 0 Å². The van der Waals surface area contributed by atoms with Crippen molar-refractivity contribution in [2.24, 2.45) is 5.73 Å². The van der Waals surface area contributed by atoms with E-state index in [9.17, 15) is 28.8 Å². The first kappa shape index (κ1) is 66.0. The monoisotopic (exact) mass is 1090 g/mol. The van der Waals surface area contributed by atoms with Crippen molar-refractivity contribution in [3.63, 3.8) is 0 Å². The zero-order chi connectivity index (χ0) is 53.2. The van der Waals surface area contributed by atoms with Gasteiger partial charge in [0.2, 0.25) is 13.6 Å². The smallest absolute Gasteiger partial charge is 0.352 e. The molecule has 0 aliphatic rings. The summed E-state index contributed by atoms with van der Waals surface area (Å²) in [5.74, 6) is -1.81. The number of esters is 4. The molecule has 4 rings (SSSR count). The molecule has 0 aliphatic heterocycles. The molecule has 0 atom stereocenters. The molecule has 0 aromatic heterocycles. The van der Waals surface area contributed by atoms with Gasteiger partial charge in [-0.15, -0.1) is 12.4 Å². The first-order valence-corrected chi connectivity index (χ1v) is 22.5. The van der Waals surface area contributed by atoms with Gasteiger partial charge in [0.15, 0.2) is 11.2 Å². The van der Waals surface area contributed by atoms with E-state index in [1.807, 2.05) is 24.3 Å². The number of nitrogens with one attached hydrogen (secondary N) is 3. The van der Waals surface area contributed by atoms with E-state index in [2.05, 4.69) is 28.2 Å². The molecule has 0 bridgehead atoms. The standard InChI is InChI=1S/C24H27ClN2O6S.C23H27ClN2O6.C2H6.3CH4.ClH/c1-24(2,23(30)32-16-31-21(28)12-13-26-15-34)33-20-9-3-17(4-10-20)11-14-27-22(29)18-5-7-19(25)8-6-18;1-23(2,22(29)31-15-30-20(27)11-13-25)32-19-9-3-16(4-10-19)12-14-26-21(28)17-5-7-18(24)8-6-17;1-2;;;;/h3-10,15H,11-14,16H2,1-2H3,(H,26,34)(H,27,29);3-10H,11-15,25H2,1-2H3,(H,26,28);1-2H3;3*1H4;1H/i;;1D;1T;;;. The number of benzene rings is 4. The SMILES string of the molecule is C.C.CC(C)(Oc1ccc(CCNC(=O)c2ccc(Cl)cc2)cc1)C(=O)OCOC(=O)CCN.CC(C)(Oc1ccc(CCNC(=O)c2ccc(Cl)cc2)cc1)C(=O)OCOC(=O)CCNC=S.Cl.[2H]CC.[3H]C. The number of halogens is 3. The highest BCUT2D eigenvalue weighted by atomic mass is 35.5. The number of ether oxygens (including phenoxy) is 6. The fourth-order valence-electron chi connectivity index (χ4n) is 5.31. The summed E-state index contributed by atoms with van der Waals surface area (Å²) < 4.78 is 43.0. The van der Waals surface area contributed by atoms with Gasteiger partial charge in [-0.05, 0) is 124 Å². The van der Waals surface area contributed by atoms with Gasteiger partial charge in [-0.3, -0.25) is 19.2 Å². The van der Waals surface area contributed by atoms with Crippen molar-refractivity contribution in [2.45, 2.75) is 101 Å². The lowest BCUT2D eigenvalue weighted by atomic mass is 10.1. The van der Waals surface area contributed by atoms with Gasteiger partial charge >= 0.3 is 23.9 Å². The number of amides is 2. The van der Waals surface area contributed by atoms with E-state index in [-0.39, 0.29) is 58.5 Å². The van der Waals surface area contributed by atoms with Crippen LogP contribution < -0.4 is 31.2 Å². The van der Waals surface area contributed by atoms with Crippen LogP contribution in [0.5, 0.6) is 11.5 Å². The second-order valence-electron chi connectivity index (χ2n) is 15.0. The molecule has 0 saturated heterocycles. The molecule has 400 valence electrons. The van der Waals surface area contributed by atoms with Gasteiger partial charge in [0.1, 0.15) is 11.5 Å². The molecule has 0 fully saturated rings. The maximum atomic E-state index is 12.3. The largest absolute Gasteiger partial charge is 0.476 e. The van der Waals surface area contributed by atoms with Crippen LogP contribution in [0, 0.1) is 0 Å². The van der Waals surface area contributed by atoms with Crippen molar-refractivity contribution < 1.29 is 59.9 Å². The zero-order valence-corrected chi connectivity index (χ0v) is 43.3. The third-order valence-electron chi connectivity index (χ3n) is 8.91. The Morgan fingerprint density at radius 1 is 0.625 bits per heavy atom. The lowest BCUT2D eigenvalue weighted by Gasteiger charge is -2.24. The van der Waals surface area contributed by atoms with Crippen LogP contribution in [0.3, 0.4) is 0 Å². The highest BCUT2D eigenvalue weighted by molar-refractivity contribution is 7.78. The molecule has 0 unspecified atom stereocenters. The van der Waals surface area contributed by atoms with Crippen molar-refractivity contribution in [3.05, 3.63) is 129 Å². The Balaban J connectivity index is -0.00000121. The highest BCUT2D eigenvalue weighted by Gasteiger charge is 2.33. The van der Waals surface area contributed by atoms with Gasteiger partial charge in [0.05, 0.1) is 18.3 Å². The first-order chi connectivity index (χ1) is 33.8. The molecule has 0 radical (unpaired) electrons. The minimum absolute atomic E-state index is 0. The molecule has 5 N–H and O–H groups in total. The molecule has 2 amide bonds. The second-order valence-corrected chi connectivity index (χ2v) is 16.1. The molecular weight excluding hydrogens is 1010 g/mol. The summed E-state index contributed by atoms with van der Waals surface area (Å²) in [7, 11) is 1.25. The molecule has 0 saturated carbocycles. The number of rotatable bonds is 24. The second kappa shape index (κ2) is 37.7. The van der Waals surface area contributed by atoms with Crippen molar-refractivity contribution in [3.8, 4) is 11.5 Å².